The third-order valence-electron chi connectivity index (χ3n) is 2.12. The monoisotopic (exact) mass is 219 g/mol. The minimum absolute atomic E-state index is 0.260. The highest BCUT2D eigenvalue weighted by molar-refractivity contribution is 7.58. The van der Waals surface area contributed by atoms with Crippen molar-refractivity contribution >= 4 is 12.6 Å². The second kappa shape index (κ2) is 3.94. The van der Waals surface area contributed by atoms with Crippen molar-refractivity contribution in [3.63, 3.8) is 0 Å². The van der Waals surface area contributed by atoms with Gasteiger partial charge in [0.25, 0.3) is 0 Å². The summed E-state index contributed by atoms with van der Waals surface area (Å²) in [5, 5.41) is 8.53. The Bertz CT molecular complexity index is 450. The van der Waals surface area contributed by atoms with Crippen molar-refractivity contribution < 1.29 is 0 Å². The molecule has 0 atom stereocenters. The third kappa shape index (κ3) is 1.83. The Morgan fingerprint density at radius 3 is 2.47 bits per heavy atom. The molecule has 5 heteroatoms. The lowest BCUT2D eigenvalue weighted by molar-refractivity contribution is 0.556. The van der Waals surface area contributed by atoms with Gasteiger partial charge in [-0.3, -0.25) is 4.98 Å². The Morgan fingerprint density at radius 1 is 1.20 bits per heavy atom. The molecule has 2 heterocycles. The maximum atomic E-state index is 5.12. The van der Waals surface area contributed by atoms with Gasteiger partial charge in [-0.15, -0.1) is 5.10 Å². The van der Waals surface area contributed by atoms with Crippen LogP contribution in [0.5, 0.6) is 0 Å². The molecule has 0 unspecified atom stereocenters. The van der Waals surface area contributed by atoms with E-state index in [9.17, 15) is 0 Å². The number of hydrogen-bond acceptors (Lipinski definition) is 4. The second-order valence-electron chi connectivity index (χ2n) is 3.51. The van der Waals surface area contributed by atoms with Gasteiger partial charge in [0.1, 0.15) is 0 Å². The quantitative estimate of drug-likeness (QED) is 0.723. The molecule has 78 valence electrons. The molecule has 0 aromatic carbocycles. The van der Waals surface area contributed by atoms with Gasteiger partial charge in [0, 0.05) is 29.2 Å². The third-order valence-corrected chi connectivity index (χ3v) is 2.40. The van der Waals surface area contributed by atoms with E-state index in [1.54, 1.807) is 12.4 Å². The first-order valence-corrected chi connectivity index (χ1v) is 5.13. The van der Waals surface area contributed by atoms with Crippen molar-refractivity contribution in [3.8, 4) is 11.4 Å². The number of aromatic nitrogens is 4. The van der Waals surface area contributed by atoms with E-state index in [0.717, 1.165) is 11.4 Å². The molecule has 0 aliphatic rings. The molecular formula is C10H11N4S-. The molecule has 0 spiro atoms. The van der Waals surface area contributed by atoms with Crippen LogP contribution < -0.4 is 0 Å². The number of pyridine rings is 1. The molecule has 0 radical (unpaired) electrons. The smallest absolute Gasteiger partial charge is 0.162 e. The highest BCUT2D eigenvalue weighted by atomic mass is 32.1. The highest BCUT2D eigenvalue weighted by Gasteiger charge is 2.09. The fourth-order valence-electron chi connectivity index (χ4n) is 1.44. The van der Waals surface area contributed by atoms with Crippen LogP contribution in [0.2, 0.25) is 0 Å². The summed E-state index contributed by atoms with van der Waals surface area (Å²) in [6.07, 6.45) is 3.47. The fourth-order valence-corrected chi connectivity index (χ4v) is 1.78. The van der Waals surface area contributed by atoms with Crippen LogP contribution in [0.3, 0.4) is 0 Å². The number of rotatable bonds is 2. The van der Waals surface area contributed by atoms with Gasteiger partial charge in [-0.05, 0) is 26.0 Å². The van der Waals surface area contributed by atoms with Crippen molar-refractivity contribution in [2.24, 2.45) is 0 Å². The summed E-state index contributed by atoms with van der Waals surface area (Å²) in [6.45, 7) is 4.12. The molecule has 0 aliphatic carbocycles. The predicted octanol–water partition coefficient (Wildman–Crippen LogP) is 1.83. The Balaban J connectivity index is 2.54. The summed E-state index contributed by atoms with van der Waals surface area (Å²) in [5.74, 6) is 0.803. The van der Waals surface area contributed by atoms with Gasteiger partial charge in [0.15, 0.2) is 5.82 Å². The lowest BCUT2D eigenvalue weighted by Crippen LogP contribution is -2.04. The van der Waals surface area contributed by atoms with Gasteiger partial charge in [0.05, 0.1) is 0 Å². The molecule has 0 bridgehead atoms. The summed E-state index contributed by atoms with van der Waals surface area (Å²) in [4.78, 5) is 3.97. The Kier molecular flexibility index (Phi) is 2.64. The topological polar surface area (TPSA) is 43.6 Å². The first-order valence-electron chi connectivity index (χ1n) is 4.72. The van der Waals surface area contributed by atoms with Crippen molar-refractivity contribution in [2.75, 3.05) is 0 Å². The largest absolute Gasteiger partial charge is 0.740 e. The van der Waals surface area contributed by atoms with Crippen LogP contribution in [0.25, 0.3) is 11.4 Å². The molecular weight excluding hydrogens is 208 g/mol. The van der Waals surface area contributed by atoms with E-state index in [-0.39, 0.29) is 6.04 Å². The molecule has 0 N–H and O–H groups in total. The maximum Gasteiger partial charge on any atom is 0.162 e. The lowest BCUT2D eigenvalue weighted by atomic mass is 10.2. The summed E-state index contributed by atoms with van der Waals surface area (Å²) >= 11 is 5.12. The van der Waals surface area contributed by atoms with E-state index < -0.39 is 0 Å². The summed E-state index contributed by atoms with van der Waals surface area (Å²) in [5.41, 5.74) is 0.988. The molecule has 2 rings (SSSR count). The number of nitrogens with zero attached hydrogens (tertiary/aromatic N) is 4. The SMILES string of the molecule is CC(C)n1c([S-])nnc1-c1ccncc1. The minimum atomic E-state index is 0.260. The van der Waals surface area contributed by atoms with Gasteiger partial charge in [-0.1, -0.05) is 0 Å². The first-order chi connectivity index (χ1) is 7.20. The van der Waals surface area contributed by atoms with Gasteiger partial charge in [-0.2, -0.15) is 5.10 Å². The van der Waals surface area contributed by atoms with Crippen molar-refractivity contribution in [3.05, 3.63) is 24.5 Å². The van der Waals surface area contributed by atoms with Crippen LogP contribution in [0.15, 0.2) is 29.7 Å². The van der Waals surface area contributed by atoms with Crippen molar-refractivity contribution in [1.29, 1.82) is 0 Å². The predicted molar refractivity (Wildman–Crippen MR) is 59.3 cm³/mol. The molecule has 0 amide bonds. The average molecular weight is 219 g/mol. The zero-order valence-electron chi connectivity index (χ0n) is 8.58. The van der Waals surface area contributed by atoms with E-state index >= 15 is 0 Å². The van der Waals surface area contributed by atoms with E-state index in [0.29, 0.717) is 5.16 Å². The van der Waals surface area contributed by atoms with Crippen LogP contribution in [0.1, 0.15) is 19.9 Å². The zero-order chi connectivity index (χ0) is 10.8. The molecule has 0 saturated heterocycles. The molecule has 2 aromatic rings. The van der Waals surface area contributed by atoms with Crippen LogP contribution in [0, 0.1) is 0 Å². The van der Waals surface area contributed by atoms with Gasteiger partial charge < -0.3 is 17.2 Å². The molecule has 0 aliphatic heterocycles. The van der Waals surface area contributed by atoms with Crippen LogP contribution in [-0.2, 0) is 12.6 Å². The molecule has 15 heavy (non-hydrogen) atoms. The van der Waals surface area contributed by atoms with Crippen LogP contribution >= 0.6 is 0 Å². The summed E-state index contributed by atoms with van der Waals surface area (Å²) in [7, 11) is 0. The van der Waals surface area contributed by atoms with Gasteiger partial charge in [-0.25, -0.2) is 0 Å². The van der Waals surface area contributed by atoms with Crippen LogP contribution in [0.4, 0.5) is 0 Å². The molecule has 4 nitrogen and oxygen atoms in total. The minimum Gasteiger partial charge on any atom is -0.740 e. The molecule has 0 fully saturated rings. The van der Waals surface area contributed by atoms with E-state index in [1.165, 1.54) is 0 Å². The average Bonchev–Trinajstić information content (AvgIpc) is 2.61. The van der Waals surface area contributed by atoms with E-state index in [1.807, 2.05) is 16.7 Å². The normalized spacial score (nSPS) is 10.9. The maximum absolute atomic E-state index is 5.12. The zero-order valence-corrected chi connectivity index (χ0v) is 9.40. The Hall–Kier alpha value is -1.49. The Labute approximate surface area is 93.8 Å². The lowest BCUT2D eigenvalue weighted by Gasteiger charge is -2.16. The number of hydrogen-bond donors (Lipinski definition) is 0. The summed E-state index contributed by atoms with van der Waals surface area (Å²) in [6, 6.07) is 4.06. The van der Waals surface area contributed by atoms with Crippen molar-refractivity contribution in [1.82, 2.24) is 19.7 Å². The van der Waals surface area contributed by atoms with E-state index in [2.05, 4.69) is 29.0 Å². The van der Waals surface area contributed by atoms with E-state index in [4.69, 9.17) is 12.6 Å². The molecule has 2 aromatic heterocycles. The van der Waals surface area contributed by atoms with Crippen molar-refractivity contribution in [2.45, 2.75) is 25.0 Å². The molecule has 0 saturated carbocycles. The second-order valence-corrected chi connectivity index (χ2v) is 3.87. The Morgan fingerprint density at radius 2 is 1.87 bits per heavy atom. The fraction of sp³-hybridized carbons (Fsp3) is 0.300. The summed E-state index contributed by atoms with van der Waals surface area (Å²) < 4.78 is 1.94. The first kappa shape index (κ1) is 10.0. The van der Waals surface area contributed by atoms with Gasteiger partial charge >= 0.3 is 0 Å². The standard InChI is InChI=1S/C10H12N4S/c1-7(2)14-9(12-13-10(14)15)8-3-5-11-6-4-8/h3-7H,1-2H3,(H,13,15)/p-1. The van der Waals surface area contributed by atoms with Crippen LogP contribution in [-0.4, -0.2) is 19.7 Å². The van der Waals surface area contributed by atoms with Gasteiger partial charge in [0.2, 0.25) is 0 Å². The highest BCUT2D eigenvalue weighted by Crippen LogP contribution is 2.21.